The molecule has 1 rings (SSSR count). The van der Waals surface area contributed by atoms with Gasteiger partial charge in [-0.05, 0) is 12.1 Å². The van der Waals surface area contributed by atoms with Gasteiger partial charge in [-0.15, -0.1) is 0 Å². The first kappa shape index (κ1) is 14.0. The Morgan fingerprint density at radius 3 is 2.56 bits per heavy atom. The quantitative estimate of drug-likeness (QED) is 0.618. The van der Waals surface area contributed by atoms with E-state index in [1.807, 2.05) is 0 Å². The number of esters is 1. The molecule has 98 valence electrons. The van der Waals surface area contributed by atoms with Crippen molar-refractivity contribution in [2.24, 2.45) is 0 Å². The molecule has 0 fully saturated rings. The maximum absolute atomic E-state index is 12.5. The zero-order chi connectivity index (χ0) is 13.8. The number of halogens is 3. The highest BCUT2D eigenvalue weighted by Gasteiger charge is 2.31. The van der Waals surface area contributed by atoms with Gasteiger partial charge in [-0.2, -0.15) is 13.2 Å². The molecular weight excluding hydrogens is 251 g/mol. The minimum Gasteiger partial charge on any atom is -0.481 e. The molecule has 0 amide bonds. The number of nitrogens with zero attached hydrogens (tertiary/aromatic N) is 1. The zero-order valence-electron chi connectivity index (χ0n) is 9.62. The monoisotopic (exact) mass is 261 g/mol. The lowest BCUT2D eigenvalue weighted by Gasteiger charge is -2.09. The Bertz CT molecular complexity index is 469. The average molecular weight is 261 g/mol. The van der Waals surface area contributed by atoms with Crippen LogP contribution in [0.2, 0.25) is 0 Å². The summed E-state index contributed by atoms with van der Waals surface area (Å²) in [5, 5.41) is 0. The van der Waals surface area contributed by atoms with Crippen LogP contribution in [0.4, 0.5) is 13.2 Å². The lowest BCUT2D eigenvalue weighted by Crippen LogP contribution is -2.06. The van der Waals surface area contributed by atoms with E-state index in [2.05, 4.69) is 9.72 Å². The van der Waals surface area contributed by atoms with Crippen LogP contribution in [0, 0.1) is 0 Å². The Morgan fingerprint density at radius 1 is 1.39 bits per heavy atom. The predicted molar refractivity (Wildman–Crippen MR) is 56.8 cm³/mol. The number of aromatic nitrogens is 1. The zero-order valence-corrected chi connectivity index (χ0v) is 9.62. The van der Waals surface area contributed by atoms with Gasteiger partial charge < -0.3 is 9.47 Å². The van der Waals surface area contributed by atoms with E-state index in [1.54, 1.807) is 0 Å². The van der Waals surface area contributed by atoms with Crippen molar-refractivity contribution in [1.82, 2.24) is 4.98 Å². The van der Waals surface area contributed by atoms with E-state index in [1.165, 1.54) is 7.11 Å². The number of carbonyl (C=O) groups excluding carboxylic acids is 1. The van der Waals surface area contributed by atoms with Crippen LogP contribution in [0.25, 0.3) is 6.08 Å². The number of ether oxygens (including phenoxy) is 2. The summed E-state index contributed by atoms with van der Waals surface area (Å²) in [6, 6.07) is 0.839. The number of carbonyl (C=O) groups is 1. The molecule has 0 bridgehead atoms. The third-order valence-electron chi connectivity index (χ3n) is 2.00. The van der Waals surface area contributed by atoms with Gasteiger partial charge in [0.25, 0.3) is 0 Å². The van der Waals surface area contributed by atoms with Gasteiger partial charge >= 0.3 is 12.1 Å². The summed E-state index contributed by atoms with van der Waals surface area (Å²) >= 11 is 0. The molecule has 4 nitrogen and oxygen atoms in total. The molecule has 0 unspecified atom stereocenters. The highest BCUT2D eigenvalue weighted by molar-refractivity contribution is 5.87. The van der Waals surface area contributed by atoms with Gasteiger partial charge in [0.05, 0.1) is 19.8 Å². The van der Waals surface area contributed by atoms with E-state index >= 15 is 0 Å². The van der Waals surface area contributed by atoms with Crippen LogP contribution in [-0.2, 0) is 15.7 Å². The molecule has 0 spiro atoms. The predicted octanol–water partition coefficient (Wildman–Crippen LogP) is 2.30. The molecule has 0 radical (unpaired) electrons. The van der Waals surface area contributed by atoms with Crippen molar-refractivity contribution in [3.63, 3.8) is 0 Å². The van der Waals surface area contributed by atoms with Crippen molar-refractivity contribution < 1.29 is 27.4 Å². The van der Waals surface area contributed by atoms with E-state index in [9.17, 15) is 18.0 Å². The maximum atomic E-state index is 12.5. The summed E-state index contributed by atoms with van der Waals surface area (Å²) in [5.74, 6) is -0.697. The van der Waals surface area contributed by atoms with Gasteiger partial charge in [-0.3, -0.25) is 0 Å². The molecule has 0 aliphatic heterocycles. The largest absolute Gasteiger partial charge is 0.481 e. The molecule has 0 aliphatic carbocycles. The van der Waals surface area contributed by atoms with Crippen LogP contribution < -0.4 is 4.74 Å². The summed E-state index contributed by atoms with van der Waals surface area (Å²) in [7, 11) is 2.43. The first-order chi connectivity index (χ1) is 8.38. The second-order valence-corrected chi connectivity index (χ2v) is 3.18. The van der Waals surface area contributed by atoms with E-state index in [-0.39, 0.29) is 11.4 Å². The minimum atomic E-state index is -4.51. The molecular formula is C11H10F3NO3. The Labute approximate surface area is 101 Å². The summed E-state index contributed by atoms with van der Waals surface area (Å²) in [5.41, 5.74) is -0.884. The van der Waals surface area contributed by atoms with Crippen LogP contribution in [0.1, 0.15) is 11.1 Å². The molecule has 1 heterocycles. The minimum absolute atomic E-state index is 0.0110. The molecule has 1 aromatic rings. The number of alkyl halides is 3. The van der Waals surface area contributed by atoms with Gasteiger partial charge in [-0.25, -0.2) is 9.78 Å². The third-order valence-corrected chi connectivity index (χ3v) is 2.00. The second-order valence-electron chi connectivity index (χ2n) is 3.18. The van der Waals surface area contributed by atoms with Crippen molar-refractivity contribution in [1.29, 1.82) is 0 Å². The van der Waals surface area contributed by atoms with Crippen LogP contribution in [-0.4, -0.2) is 25.2 Å². The van der Waals surface area contributed by atoms with Crippen molar-refractivity contribution in [3.05, 3.63) is 29.5 Å². The van der Waals surface area contributed by atoms with Crippen LogP contribution >= 0.6 is 0 Å². The van der Waals surface area contributed by atoms with Crippen molar-refractivity contribution >= 4 is 12.0 Å². The number of hydrogen-bond donors (Lipinski definition) is 0. The lowest BCUT2D eigenvalue weighted by molar-refractivity contribution is -0.138. The van der Waals surface area contributed by atoms with E-state index in [0.29, 0.717) is 6.20 Å². The van der Waals surface area contributed by atoms with E-state index in [4.69, 9.17) is 4.74 Å². The number of methoxy groups -OCH3 is 2. The first-order valence-electron chi connectivity index (χ1n) is 4.75. The van der Waals surface area contributed by atoms with Crippen molar-refractivity contribution in [2.75, 3.05) is 14.2 Å². The maximum Gasteiger partial charge on any atom is 0.417 e. The van der Waals surface area contributed by atoms with Crippen molar-refractivity contribution in [2.45, 2.75) is 6.18 Å². The fourth-order valence-electron chi connectivity index (χ4n) is 1.14. The van der Waals surface area contributed by atoms with Gasteiger partial charge in [0.1, 0.15) is 0 Å². The Kier molecular flexibility index (Phi) is 4.30. The summed E-state index contributed by atoms with van der Waals surface area (Å²) < 4.78 is 46.5. The number of rotatable bonds is 3. The van der Waals surface area contributed by atoms with E-state index < -0.39 is 17.7 Å². The van der Waals surface area contributed by atoms with Crippen molar-refractivity contribution in [3.8, 4) is 5.88 Å². The number of hydrogen-bond acceptors (Lipinski definition) is 4. The Hall–Kier alpha value is -2.05. The normalized spacial score (nSPS) is 11.6. The summed E-state index contributed by atoms with van der Waals surface area (Å²) in [4.78, 5) is 14.4. The van der Waals surface area contributed by atoms with Gasteiger partial charge in [0.15, 0.2) is 0 Å². The Balaban J connectivity index is 3.14. The standard InChI is InChI=1S/C11H10F3NO3/c1-17-9(16)4-3-7-5-8(11(12,13)14)6-15-10(7)18-2/h3-6H,1-2H3. The topological polar surface area (TPSA) is 48.4 Å². The van der Waals surface area contributed by atoms with Crippen LogP contribution in [0.15, 0.2) is 18.3 Å². The van der Waals surface area contributed by atoms with Gasteiger partial charge in [0.2, 0.25) is 5.88 Å². The SMILES string of the molecule is COC(=O)C=Cc1cc(C(F)(F)F)cnc1OC. The molecule has 0 saturated carbocycles. The fourth-order valence-corrected chi connectivity index (χ4v) is 1.14. The van der Waals surface area contributed by atoms with Gasteiger partial charge in [0, 0.05) is 17.8 Å². The summed E-state index contributed by atoms with van der Waals surface area (Å²) in [6.07, 6.45) is -1.71. The van der Waals surface area contributed by atoms with Gasteiger partial charge in [-0.1, -0.05) is 0 Å². The molecule has 0 saturated heterocycles. The lowest BCUT2D eigenvalue weighted by atomic mass is 10.2. The molecule has 7 heteroatoms. The second kappa shape index (κ2) is 5.52. The molecule has 0 aromatic carbocycles. The first-order valence-corrected chi connectivity index (χ1v) is 4.75. The third kappa shape index (κ3) is 3.47. The summed E-state index contributed by atoms with van der Waals surface area (Å²) in [6.45, 7) is 0. The smallest absolute Gasteiger partial charge is 0.417 e. The highest BCUT2D eigenvalue weighted by atomic mass is 19.4. The molecule has 1 aromatic heterocycles. The molecule has 18 heavy (non-hydrogen) atoms. The highest BCUT2D eigenvalue weighted by Crippen LogP contribution is 2.31. The molecule has 0 aliphatic rings. The fraction of sp³-hybridized carbons (Fsp3) is 0.273. The molecule has 0 atom stereocenters. The van der Waals surface area contributed by atoms with E-state index in [0.717, 1.165) is 25.3 Å². The number of pyridine rings is 1. The van der Waals surface area contributed by atoms with Crippen LogP contribution in [0.5, 0.6) is 5.88 Å². The van der Waals surface area contributed by atoms with Crippen LogP contribution in [0.3, 0.4) is 0 Å². The Morgan fingerprint density at radius 2 is 2.06 bits per heavy atom. The molecule has 0 N–H and O–H groups in total. The average Bonchev–Trinajstić information content (AvgIpc) is 2.34.